The second-order valence-corrected chi connectivity index (χ2v) is 9.92. The number of aromatic nitrogens is 2. The van der Waals surface area contributed by atoms with Gasteiger partial charge in [0.1, 0.15) is 22.9 Å². The molecule has 0 spiro atoms. The first-order valence-corrected chi connectivity index (χ1v) is 12.2. The van der Waals surface area contributed by atoms with Crippen molar-refractivity contribution in [1.29, 1.82) is 0 Å². The lowest BCUT2D eigenvalue weighted by molar-refractivity contribution is 0.101. The predicted octanol–water partition coefficient (Wildman–Crippen LogP) is 4.91. The van der Waals surface area contributed by atoms with Gasteiger partial charge in [-0.15, -0.1) is 0 Å². The molecular weight excluding hydrogens is 442 g/mol. The van der Waals surface area contributed by atoms with Gasteiger partial charge in [-0.2, -0.15) is 4.37 Å². The molecule has 1 aliphatic rings. The highest BCUT2D eigenvalue weighted by molar-refractivity contribution is 7.93. The summed E-state index contributed by atoms with van der Waals surface area (Å²) in [4.78, 5) is 5.12. The maximum Gasteiger partial charge on any atom is 0.266 e. The zero-order valence-electron chi connectivity index (χ0n) is 16.8. The van der Waals surface area contributed by atoms with E-state index < -0.39 is 32.6 Å². The van der Waals surface area contributed by atoms with E-state index in [0.717, 1.165) is 55.0 Å². The summed E-state index contributed by atoms with van der Waals surface area (Å²) in [6, 6.07) is 11.4. The Kier molecular flexibility index (Phi) is 6.31. The van der Waals surface area contributed by atoms with Crippen LogP contribution in [0.2, 0.25) is 0 Å². The highest BCUT2D eigenvalue weighted by Crippen LogP contribution is 2.38. The SMILES string of the molecule is CC(c1cc(F)c(S(=O)(=O)Nc2ncns2)cc1F)N1CCCC[C@H]1c1ccccc1. The average Bonchev–Trinajstić information content (AvgIpc) is 3.27. The zero-order valence-corrected chi connectivity index (χ0v) is 18.5. The van der Waals surface area contributed by atoms with Crippen LogP contribution in [0.1, 0.15) is 49.4 Å². The van der Waals surface area contributed by atoms with Crippen LogP contribution >= 0.6 is 11.5 Å². The van der Waals surface area contributed by atoms with Crippen molar-refractivity contribution in [3.05, 3.63) is 71.6 Å². The molecule has 164 valence electrons. The largest absolute Gasteiger partial charge is 0.290 e. The van der Waals surface area contributed by atoms with Gasteiger partial charge < -0.3 is 0 Å². The molecule has 1 aliphatic heterocycles. The van der Waals surface area contributed by atoms with E-state index in [9.17, 15) is 12.8 Å². The van der Waals surface area contributed by atoms with E-state index in [-0.39, 0.29) is 16.7 Å². The molecule has 0 bridgehead atoms. The molecule has 0 saturated carbocycles. The van der Waals surface area contributed by atoms with E-state index in [4.69, 9.17) is 0 Å². The van der Waals surface area contributed by atoms with Crippen LogP contribution in [-0.4, -0.2) is 29.2 Å². The van der Waals surface area contributed by atoms with E-state index in [1.54, 1.807) is 0 Å². The van der Waals surface area contributed by atoms with Crippen LogP contribution in [-0.2, 0) is 10.0 Å². The molecule has 2 aromatic carbocycles. The number of halogens is 2. The molecule has 10 heteroatoms. The van der Waals surface area contributed by atoms with Crippen LogP contribution in [0.3, 0.4) is 0 Å². The Morgan fingerprint density at radius 3 is 2.65 bits per heavy atom. The minimum atomic E-state index is -4.33. The summed E-state index contributed by atoms with van der Waals surface area (Å²) in [5.74, 6) is -1.77. The van der Waals surface area contributed by atoms with Gasteiger partial charge in [-0.3, -0.25) is 9.62 Å². The van der Waals surface area contributed by atoms with Crippen LogP contribution in [0.4, 0.5) is 13.9 Å². The lowest BCUT2D eigenvalue weighted by Gasteiger charge is -2.40. The fraction of sp³-hybridized carbons (Fsp3) is 0.333. The van der Waals surface area contributed by atoms with Gasteiger partial charge in [0.05, 0.1) is 0 Å². The highest BCUT2D eigenvalue weighted by atomic mass is 32.2. The van der Waals surface area contributed by atoms with Crippen LogP contribution in [0, 0.1) is 11.6 Å². The summed E-state index contributed by atoms with van der Waals surface area (Å²) in [6.07, 6.45) is 4.13. The van der Waals surface area contributed by atoms with Gasteiger partial charge in [-0.1, -0.05) is 36.8 Å². The number of piperidine rings is 1. The Bertz CT molecular complexity index is 1140. The summed E-state index contributed by atoms with van der Waals surface area (Å²) < 4.78 is 60.7. The molecule has 4 rings (SSSR count). The molecule has 31 heavy (non-hydrogen) atoms. The summed E-state index contributed by atoms with van der Waals surface area (Å²) >= 11 is 0.805. The number of sulfonamides is 1. The van der Waals surface area contributed by atoms with Gasteiger partial charge in [-0.05, 0) is 44.0 Å². The van der Waals surface area contributed by atoms with Crippen LogP contribution in [0.5, 0.6) is 0 Å². The number of hydrogen-bond donors (Lipinski definition) is 1. The monoisotopic (exact) mass is 464 g/mol. The average molecular weight is 465 g/mol. The van der Waals surface area contributed by atoms with E-state index in [1.165, 1.54) is 6.33 Å². The topological polar surface area (TPSA) is 75.2 Å². The highest BCUT2D eigenvalue weighted by Gasteiger charge is 2.31. The predicted molar refractivity (Wildman–Crippen MR) is 115 cm³/mol. The standard InChI is InChI=1S/C21H22F2N4O2S2/c1-14(27-10-6-5-9-19(27)15-7-3-2-4-8-15)16-11-18(23)20(12-17(16)22)31(28,29)26-21-24-13-25-30-21/h2-4,7-8,11-14,19H,5-6,9-10H2,1H3,(H,24,25,26)/t14?,19-/m0/s1. The lowest BCUT2D eigenvalue weighted by Crippen LogP contribution is -2.36. The molecule has 1 saturated heterocycles. The molecule has 1 unspecified atom stereocenters. The maximum absolute atomic E-state index is 15.1. The number of nitrogens with zero attached hydrogens (tertiary/aromatic N) is 3. The van der Waals surface area contributed by atoms with Gasteiger partial charge in [0.25, 0.3) is 10.0 Å². The summed E-state index contributed by atoms with van der Waals surface area (Å²) in [5.41, 5.74) is 1.27. The number of hydrogen-bond acceptors (Lipinski definition) is 6. The van der Waals surface area contributed by atoms with E-state index in [1.807, 2.05) is 37.3 Å². The second-order valence-electron chi connectivity index (χ2n) is 7.49. The van der Waals surface area contributed by atoms with Crippen LogP contribution < -0.4 is 4.72 Å². The third kappa shape index (κ3) is 4.60. The summed E-state index contributed by atoms with van der Waals surface area (Å²) in [7, 11) is -4.33. The molecule has 1 aromatic heterocycles. The van der Waals surface area contributed by atoms with E-state index in [0.29, 0.717) is 0 Å². The number of likely N-dealkylation sites (tertiary alicyclic amines) is 1. The molecule has 3 aromatic rings. The third-order valence-corrected chi connectivity index (χ3v) is 7.66. The molecule has 6 nitrogen and oxygen atoms in total. The van der Waals surface area contributed by atoms with Crippen molar-refractivity contribution in [1.82, 2.24) is 14.3 Å². The first-order valence-electron chi connectivity index (χ1n) is 9.96. The van der Waals surface area contributed by atoms with Crippen molar-refractivity contribution in [3.8, 4) is 0 Å². The van der Waals surface area contributed by atoms with Gasteiger partial charge in [-0.25, -0.2) is 22.2 Å². The molecule has 2 atom stereocenters. The van der Waals surface area contributed by atoms with Crippen molar-refractivity contribution < 1.29 is 17.2 Å². The molecule has 1 fully saturated rings. The van der Waals surface area contributed by atoms with Crippen molar-refractivity contribution in [2.45, 2.75) is 43.2 Å². The van der Waals surface area contributed by atoms with Gasteiger partial charge in [0, 0.05) is 29.2 Å². The van der Waals surface area contributed by atoms with Crippen molar-refractivity contribution in [2.24, 2.45) is 0 Å². The molecule has 0 amide bonds. The second kappa shape index (κ2) is 8.97. The third-order valence-electron chi connectivity index (χ3n) is 5.60. The fourth-order valence-electron chi connectivity index (χ4n) is 4.09. The number of anilines is 1. The molecule has 1 N–H and O–H groups in total. The first kappa shape index (κ1) is 21.8. The van der Waals surface area contributed by atoms with Crippen LogP contribution in [0.25, 0.3) is 0 Å². The van der Waals surface area contributed by atoms with Gasteiger partial charge >= 0.3 is 0 Å². The Morgan fingerprint density at radius 1 is 1.16 bits per heavy atom. The Balaban J connectivity index is 1.64. The molecule has 2 heterocycles. The molecule has 0 radical (unpaired) electrons. The Labute approximate surface area is 184 Å². The normalized spacial score (nSPS) is 18.6. The Morgan fingerprint density at radius 2 is 1.94 bits per heavy atom. The molecular formula is C21H22F2N4O2S2. The fourth-order valence-corrected chi connectivity index (χ4v) is 5.82. The van der Waals surface area contributed by atoms with E-state index in [2.05, 4.69) is 19.0 Å². The number of benzene rings is 2. The molecule has 0 aliphatic carbocycles. The quantitative estimate of drug-likeness (QED) is 0.561. The summed E-state index contributed by atoms with van der Waals surface area (Å²) in [6.45, 7) is 2.58. The maximum atomic E-state index is 15.1. The minimum Gasteiger partial charge on any atom is -0.290 e. The zero-order chi connectivity index (χ0) is 22.0. The Hall–Kier alpha value is -2.43. The van der Waals surface area contributed by atoms with Gasteiger partial charge in [0.15, 0.2) is 0 Å². The van der Waals surface area contributed by atoms with Crippen molar-refractivity contribution in [2.75, 3.05) is 11.3 Å². The van der Waals surface area contributed by atoms with Crippen molar-refractivity contribution in [3.63, 3.8) is 0 Å². The van der Waals surface area contributed by atoms with Gasteiger partial charge in [0.2, 0.25) is 5.13 Å². The first-order chi connectivity index (χ1) is 14.9. The van der Waals surface area contributed by atoms with E-state index >= 15 is 4.39 Å². The smallest absolute Gasteiger partial charge is 0.266 e. The lowest BCUT2D eigenvalue weighted by atomic mass is 9.92. The van der Waals surface area contributed by atoms with Crippen molar-refractivity contribution >= 4 is 26.7 Å². The van der Waals surface area contributed by atoms with Crippen LogP contribution in [0.15, 0.2) is 53.7 Å². The number of rotatable bonds is 6. The summed E-state index contributed by atoms with van der Waals surface area (Å²) in [5, 5.41) is -0.0173. The number of nitrogens with one attached hydrogen (secondary N) is 1. The minimum absolute atomic E-state index is 0.0173.